The lowest BCUT2D eigenvalue weighted by atomic mass is 10.2. The molecule has 21 heavy (non-hydrogen) atoms. The molecule has 0 saturated carbocycles. The van der Waals surface area contributed by atoms with Gasteiger partial charge >= 0.3 is 0 Å². The van der Waals surface area contributed by atoms with Crippen molar-refractivity contribution in [1.82, 2.24) is 0 Å². The van der Waals surface area contributed by atoms with Crippen LogP contribution in [0.3, 0.4) is 0 Å². The lowest BCUT2D eigenvalue weighted by Gasteiger charge is -2.09. The second-order valence-electron chi connectivity index (χ2n) is 4.76. The molecule has 1 aliphatic heterocycles. The summed E-state index contributed by atoms with van der Waals surface area (Å²) in [4.78, 5) is 11.0. The van der Waals surface area contributed by atoms with Crippen LogP contribution in [0.25, 0.3) is 0 Å². The van der Waals surface area contributed by atoms with E-state index < -0.39 is 0 Å². The minimum atomic E-state index is -0.0762. The molecular formula is C16H16N2O3. The lowest BCUT2D eigenvalue weighted by Crippen LogP contribution is -2.06. The van der Waals surface area contributed by atoms with E-state index in [0.29, 0.717) is 6.54 Å². The van der Waals surface area contributed by atoms with Crippen molar-refractivity contribution in [2.75, 3.05) is 17.4 Å². The van der Waals surface area contributed by atoms with Gasteiger partial charge in [0.25, 0.3) is 0 Å². The first kappa shape index (κ1) is 13.3. The number of anilines is 2. The molecule has 5 nitrogen and oxygen atoms in total. The van der Waals surface area contributed by atoms with Gasteiger partial charge in [0.15, 0.2) is 11.5 Å². The SMILES string of the molecule is CC(=O)Nc1ccc(NCc2cccc3c2OCO3)cc1. The first-order chi connectivity index (χ1) is 10.2. The predicted molar refractivity (Wildman–Crippen MR) is 80.6 cm³/mol. The molecule has 0 fully saturated rings. The summed E-state index contributed by atoms with van der Waals surface area (Å²) in [6, 6.07) is 13.4. The topological polar surface area (TPSA) is 59.6 Å². The third-order valence-corrected chi connectivity index (χ3v) is 3.17. The van der Waals surface area contributed by atoms with Crippen LogP contribution in [0.4, 0.5) is 11.4 Å². The monoisotopic (exact) mass is 284 g/mol. The van der Waals surface area contributed by atoms with Crippen LogP contribution in [0.15, 0.2) is 42.5 Å². The van der Waals surface area contributed by atoms with E-state index in [1.807, 2.05) is 42.5 Å². The van der Waals surface area contributed by atoms with Crippen LogP contribution in [0, 0.1) is 0 Å². The average molecular weight is 284 g/mol. The molecule has 0 unspecified atom stereocenters. The van der Waals surface area contributed by atoms with Crippen molar-refractivity contribution in [3.8, 4) is 11.5 Å². The highest BCUT2D eigenvalue weighted by Crippen LogP contribution is 2.35. The first-order valence-corrected chi connectivity index (χ1v) is 6.71. The summed E-state index contributed by atoms with van der Waals surface area (Å²) < 4.78 is 10.8. The summed E-state index contributed by atoms with van der Waals surface area (Å²) in [7, 11) is 0. The highest BCUT2D eigenvalue weighted by atomic mass is 16.7. The van der Waals surface area contributed by atoms with E-state index in [4.69, 9.17) is 9.47 Å². The van der Waals surface area contributed by atoms with Crippen molar-refractivity contribution in [3.05, 3.63) is 48.0 Å². The number of rotatable bonds is 4. The first-order valence-electron chi connectivity index (χ1n) is 6.71. The molecule has 1 amide bonds. The number of hydrogen-bond donors (Lipinski definition) is 2. The number of amides is 1. The fourth-order valence-corrected chi connectivity index (χ4v) is 2.20. The summed E-state index contributed by atoms with van der Waals surface area (Å²) in [5.74, 6) is 1.52. The van der Waals surface area contributed by atoms with Gasteiger partial charge in [0.1, 0.15) is 0 Å². The Morgan fingerprint density at radius 2 is 1.86 bits per heavy atom. The number of para-hydroxylation sites is 1. The second-order valence-corrected chi connectivity index (χ2v) is 4.76. The highest BCUT2D eigenvalue weighted by Gasteiger charge is 2.16. The smallest absolute Gasteiger partial charge is 0.231 e. The summed E-state index contributed by atoms with van der Waals surface area (Å²) in [6.45, 7) is 2.41. The Bertz CT molecular complexity index is 653. The molecule has 3 rings (SSSR count). The van der Waals surface area contributed by atoms with E-state index >= 15 is 0 Å². The summed E-state index contributed by atoms with van der Waals surface area (Å²) >= 11 is 0. The third-order valence-electron chi connectivity index (χ3n) is 3.17. The second kappa shape index (κ2) is 5.75. The van der Waals surface area contributed by atoms with Crippen molar-refractivity contribution in [2.24, 2.45) is 0 Å². The number of carbonyl (C=O) groups is 1. The zero-order valence-electron chi connectivity index (χ0n) is 11.7. The van der Waals surface area contributed by atoms with Crippen LogP contribution in [0.5, 0.6) is 11.5 Å². The molecule has 2 aromatic carbocycles. The molecule has 0 saturated heterocycles. The van der Waals surface area contributed by atoms with Gasteiger partial charge in [0.05, 0.1) is 0 Å². The lowest BCUT2D eigenvalue weighted by molar-refractivity contribution is -0.114. The van der Waals surface area contributed by atoms with Crippen molar-refractivity contribution in [2.45, 2.75) is 13.5 Å². The van der Waals surface area contributed by atoms with Gasteiger partial charge < -0.3 is 20.1 Å². The van der Waals surface area contributed by atoms with E-state index in [-0.39, 0.29) is 12.7 Å². The van der Waals surface area contributed by atoms with Crippen LogP contribution in [0.1, 0.15) is 12.5 Å². The van der Waals surface area contributed by atoms with E-state index in [0.717, 1.165) is 28.4 Å². The van der Waals surface area contributed by atoms with Gasteiger partial charge in [-0.15, -0.1) is 0 Å². The Morgan fingerprint density at radius 3 is 2.62 bits per heavy atom. The summed E-state index contributed by atoms with van der Waals surface area (Å²) in [5, 5.41) is 6.06. The Morgan fingerprint density at radius 1 is 1.10 bits per heavy atom. The number of nitrogens with one attached hydrogen (secondary N) is 2. The highest BCUT2D eigenvalue weighted by molar-refractivity contribution is 5.88. The number of carbonyl (C=O) groups excluding carboxylic acids is 1. The summed E-state index contributed by atoms with van der Waals surface area (Å²) in [6.07, 6.45) is 0. The molecule has 108 valence electrons. The molecule has 0 atom stereocenters. The maximum absolute atomic E-state index is 11.0. The standard InChI is InChI=1S/C16H16N2O3/c1-11(19)18-14-7-5-13(6-8-14)17-9-12-3-2-4-15-16(12)21-10-20-15/h2-8,17H,9-10H2,1H3,(H,18,19). The normalized spacial score (nSPS) is 12.0. The van der Waals surface area contributed by atoms with Gasteiger partial charge in [0.2, 0.25) is 12.7 Å². The molecule has 0 aliphatic carbocycles. The van der Waals surface area contributed by atoms with Gasteiger partial charge in [-0.2, -0.15) is 0 Å². The van der Waals surface area contributed by atoms with Gasteiger partial charge in [-0.1, -0.05) is 12.1 Å². The number of ether oxygens (including phenoxy) is 2. The molecule has 0 radical (unpaired) electrons. The molecule has 1 heterocycles. The largest absolute Gasteiger partial charge is 0.454 e. The summed E-state index contributed by atoms with van der Waals surface area (Å²) in [5.41, 5.74) is 2.81. The molecule has 0 bridgehead atoms. The zero-order chi connectivity index (χ0) is 14.7. The van der Waals surface area contributed by atoms with Crippen molar-refractivity contribution in [3.63, 3.8) is 0 Å². The zero-order valence-corrected chi connectivity index (χ0v) is 11.7. The van der Waals surface area contributed by atoms with Gasteiger partial charge in [-0.3, -0.25) is 4.79 Å². The van der Waals surface area contributed by atoms with E-state index in [1.54, 1.807) is 0 Å². The minimum absolute atomic E-state index is 0.0762. The quantitative estimate of drug-likeness (QED) is 0.906. The van der Waals surface area contributed by atoms with Crippen LogP contribution >= 0.6 is 0 Å². The number of hydrogen-bond acceptors (Lipinski definition) is 4. The molecule has 2 N–H and O–H groups in total. The van der Waals surface area contributed by atoms with E-state index in [2.05, 4.69) is 10.6 Å². The van der Waals surface area contributed by atoms with Crippen LogP contribution in [-0.4, -0.2) is 12.7 Å². The fourth-order valence-electron chi connectivity index (χ4n) is 2.20. The average Bonchev–Trinajstić information content (AvgIpc) is 2.95. The van der Waals surface area contributed by atoms with E-state index in [1.165, 1.54) is 6.92 Å². The number of fused-ring (bicyclic) bond motifs is 1. The Balaban J connectivity index is 1.65. The fraction of sp³-hybridized carbons (Fsp3) is 0.188. The maximum atomic E-state index is 11.0. The van der Waals surface area contributed by atoms with Gasteiger partial charge in [-0.05, 0) is 30.3 Å². The maximum Gasteiger partial charge on any atom is 0.231 e. The van der Waals surface area contributed by atoms with Crippen molar-refractivity contribution < 1.29 is 14.3 Å². The molecule has 0 aromatic heterocycles. The van der Waals surface area contributed by atoms with Crippen molar-refractivity contribution in [1.29, 1.82) is 0 Å². The van der Waals surface area contributed by atoms with E-state index in [9.17, 15) is 4.79 Å². The Hall–Kier alpha value is -2.69. The predicted octanol–water partition coefficient (Wildman–Crippen LogP) is 2.99. The van der Waals surface area contributed by atoms with Crippen LogP contribution in [0.2, 0.25) is 0 Å². The Kier molecular flexibility index (Phi) is 3.64. The number of benzene rings is 2. The Labute approximate surface area is 122 Å². The molecular weight excluding hydrogens is 268 g/mol. The molecule has 0 spiro atoms. The minimum Gasteiger partial charge on any atom is -0.454 e. The van der Waals surface area contributed by atoms with Crippen LogP contribution in [-0.2, 0) is 11.3 Å². The van der Waals surface area contributed by atoms with Gasteiger partial charge in [0, 0.05) is 30.4 Å². The molecule has 5 heteroatoms. The molecule has 2 aromatic rings. The van der Waals surface area contributed by atoms with Crippen molar-refractivity contribution >= 4 is 17.3 Å². The molecule has 1 aliphatic rings. The third kappa shape index (κ3) is 3.08. The van der Waals surface area contributed by atoms with Gasteiger partial charge in [-0.25, -0.2) is 0 Å². The van der Waals surface area contributed by atoms with Crippen LogP contribution < -0.4 is 20.1 Å².